The van der Waals surface area contributed by atoms with Crippen molar-refractivity contribution in [3.05, 3.63) is 0 Å². The van der Waals surface area contributed by atoms with Crippen LogP contribution in [0.2, 0.25) is 0 Å². The summed E-state index contributed by atoms with van der Waals surface area (Å²) in [5, 5.41) is 6.09. The standard InChI is InChI=1S/C14H26N2O3.ClH/c1-4-10(2)13(14(18)19-3)16-12(17)6-5-11-7-8-15-9-11;/h10-11,13,15H,4-9H2,1-3H3,(H,16,17);1H/t10-,11?,13-;/m0./s1. The number of carbonyl (C=O) groups is 2. The Morgan fingerprint density at radius 2 is 2.15 bits per heavy atom. The molecule has 0 radical (unpaired) electrons. The predicted octanol–water partition coefficient (Wildman–Crippen LogP) is 1.50. The van der Waals surface area contributed by atoms with Crippen molar-refractivity contribution in [2.75, 3.05) is 20.2 Å². The number of carbonyl (C=O) groups excluding carboxylic acids is 2. The lowest BCUT2D eigenvalue weighted by Gasteiger charge is -2.22. The van der Waals surface area contributed by atoms with Crippen LogP contribution >= 0.6 is 12.4 Å². The van der Waals surface area contributed by atoms with Crippen molar-refractivity contribution in [2.45, 2.75) is 45.6 Å². The molecule has 0 aromatic heterocycles. The lowest BCUT2D eigenvalue weighted by molar-refractivity contribution is -0.146. The van der Waals surface area contributed by atoms with Crippen molar-refractivity contribution in [1.29, 1.82) is 0 Å². The van der Waals surface area contributed by atoms with Crippen LogP contribution in [0.3, 0.4) is 0 Å². The van der Waals surface area contributed by atoms with Crippen molar-refractivity contribution >= 4 is 24.3 Å². The van der Waals surface area contributed by atoms with Crippen LogP contribution in [0, 0.1) is 11.8 Å². The van der Waals surface area contributed by atoms with Crippen LogP contribution in [0.1, 0.15) is 39.5 Å². The predicted molar refractivity (Wildman–Crippen MR) is 80.9 cm³/mol. The Labute approximate surface area is 127 Å². The number of hydrogen-bond donors (Lipinski definition) is 2. The Balaban J connectivity index is 0.00000361. The number of amides is 1. The molecule has 0 aromatic carbocycles. The molecule has 1 saturated heterocycles. The van der Waals surface area contributed by atoms with E-state index in [0.717, 1.165) is 32.4 Å². The number of methoxy groups -OCH3 is 1. The molecule has 118 valence electrons. The first kappa shape index (κ1) is 19.2. The highest BCUT2D eigenvalue weighted by Gasteiger charge is 2.26. The summed E-state index contributed by atoms with van der Waals surface area (Å²) in [7, 11) is 1.36. The number of hydrogen-bond acceptors (Lipinski definition) is 4. The van der Waals surface area contributed by atoms with Gasteiger partial charge in [-0.05, 0) is 37.8 Å². The van der Waals surface area contributed by atoms with Crippen LogP contribution in [0.15, 0.2) is 0 Å². The van der Waals surface area contributed by atoms with Gasteiger partial charge in [-0.1, -0.05) is 20.3 Å². The third-order valence-electron chi connectivity index (χ3n) is 3.93. The monoisotopic (exact) mass is 306 g/mol. The molecule has 5 nitrogen and oxygen atoms in total. The molecule has 0 aromatic rings. The maximum Gasteiger partial charge on any atom is 0.328 e. The molecular formula is C14H27ClN2O3. The van der Waals surface area contributed by atoms with Gasteiger partial charge in [0.05, 0.1) is 7.11 Å². The van der Waals surface area contributed by atoms with E-state index in [1.165, 1.54) is 7.11 Å². The fourth-order valence-electron chi connectivity index (χ4n) is 2.34. The first-order valence-corrected chi connectivity index (χ1v) is 7.16. The lowest BCUT2D eigenvalue weighted by atomic mass is 9.98. The molecule has 0 spiro atoms. The summed E-state index contributed by atoms with van der Waals surface area (Å²) in [6.45, 7) is 5.99. The largest absolute Gasteiger partial charge is 0.467 e. The van der Waals surface area contributed by atoms with Crippen LogP contribution < -0.4 is 10.6 Å². The fourth-order valence-corrected chi connectivity index (χ4v) is 2.34. The zero-order valence-corrected chi connectivity index (χ0v) is 13.4. The summed E-state index contributed by atoms with van der Waals surface area (Å²) in [4.78, 5) is 23.6. The van der Waals surface area contributed by atoms with Crippen LogP contribution in [0.5, 0.6) is 0 Å². The number of rotatable bonds is 7. The summed E-state index contributed by atoms with van der Waals surface area (Å²) < 4.78 is 4.75. The van der Waals surface area contributed by atoms with E-state index in [2.05, 4.69) is 10.6 Å². The number of nitrogens with one attached hydrogen (secondary N) is 2. The van der Waals surface area contributed by atoms with Gasteiger partial charge in [-0.25, -0.2) is 4.79 Å². The summed E-state index contributed by atoms with van der Waals surface area (Å²) in [6.07, 6.45) is 3.33. The molecule has 1 fully saturated rings. The average molecular weight is 307 g/mol. The van der Waals surface area contributed by atoms with Gasteiger partial charge in [0.25, 0.3) is 0 Å². The minimum Gasteiger partial charge on any atom is -0.467 e. The molecule has 1 amide bonds. The van der Waals surface area contributed by atoms with Gasteiger partial charge in [0.1, 0.15) is 6.04 Å². The third kappa shape index (κ3) is 6.09. The first-order valence-electron chi connectivity index (χ1n) is 7.16. The Morgan fingerprint density at radius 3 is 2.65 bits per heavy atom. The molecule has 2 N–H and O–H groups in total. The van der Waals surface area contributed by atoms with Crippen molar-refractivity contribution < 1.29 is 14.3 Å². The quantitative estimate of drug-likeness (QED) is 0.700. The van der Waals surface area contributed by atoms with E-state index >= 15 is 0 Å². The third-order valence-corrected chi connectivity index (χ3v) is 3.93. The minimum absolute atomic E-state index is 0. The van der Waals surface area contributed by atoms with Gasteiger partial charge in [0.15, 0.2) is 0 Å². The highest BCUT2D eigenvalue weighted by Crippen LogP contribution is 2.15. The van der Waals surface area contributed by atoms with Gasteiger partial charge >= 0.3 is 5.97 Å². The van der Waals surface area contributed by atoms with E-state index in [-0.39, 0.29) is 30.2 Å². The SMILES string of the molecule is CC[C@H](C)[C@H](NC(=O)CCC1CCNC1)C(=O)OC.Cl. The van der Waals surface area contributed by atoms with Crippen LogP contribution in [-0.4, -0.2) is 38.1 Å². The Kier molecular flexibility index (Phi) is 9.59. The van der Waals surface area contributed by atoms with E-state index in [0.29, 0.717) is 12.3 Å². The molecule has 3 atom stereocenters. The smallest absolute Gasteiger partial charge is 0.328 e. The van der Waals surface area contributed by atoms with Gasteiger partial charge in [-0.2, -0.15) is 0 Å². The molecule has 1 aliphatic heterocycles. The van der Waals surface area contributed by atoms with Gasteiger partial charge in [0, 0.05) is 6.42 Å². The van der Waals surface area contributed by atoms with E-state index in [9.17, 15) is 9.59 Å². The topological polar surface area (TPSA) is 67.4 Å². The summed E-state index contributed by atoms with van der Waals surface area (Å²) in [5.41, 5.74) is 0. The molecule has 20 heavy (non-hydrogen) atoms. The molecular weight excluding hydrogens is 280 g/mol. The van der Waals surface area contributed by atoms with Gasteiger partial charge in [-0.15, -0.1) is 12.4 Å². The van der Waals surface area contributed by atoms with Gasteiger partial charge < -0.3 is 15.4 Å². The second kappa shape index (κ2) is 10.00. The molecule has 0 bridgehead atoms. The molecule has 6 heteroatoms. The molecule has 0 aliphatic carbocycles. The second-order valence-corrected chi connectivity index (χ2v) is 5.35. The number of esters is 1. The molecule has 0 saturated carbocycles. The Hall–Kier alpha value is -0.810. The zero-order valence-electron chi connectivity index (χ0n) is 12.6. The van der Waals surface area contributed by atoms with E-state index in [1.807, 2.05) is 13.8 Å². The number of ether oxygens (including phenoxy) is 1. The minimum atomic E-state index is -0.524. The highest BCUT2D eigenvalue weighted by atomic mass is 35.5. The van der Waals surface area contributed by atoms with E-state index in [4.69, 9.17) is 4.74 Å². The molecule has 1 aliphatic rings. The Bertz CT molecular complexity index is 307. The van der Waals surface area contributed by atoms with Crippen LogP contribution in [-0.2, 0) is 14.3 Å². The van der Waals surface area contributed by atoms with Crippen molar-refractivity contribution in [1.82, 2.24) is 10.6 Å². The highest BCUT2D eigenvalue weighted by molar-refractivity contribution is 5.85. The summed E-state index contributed by atoms with van der Waals surface area (Å²) >= 11 is 0. The first-order chi connectivity index (χ1) is 9.08. The van der Waals surface area contributed by atoms with Crippen LogP contribution in [0.25, 0.3) is 0 Å². The Morgan fingerprint density at radius 1 is 1.45 bits per heavy atom. The summed E-state index contributed by atoms with van der Waals surface area (Å²) in [5.74, 6) is 0.267. The fraction of sp³-hybridized carbons (Fsp3) is 0.857. The van der Waals surface area contributed by atoms with E-state index in [1.54, 1.807) is 0 Å². The maximum absolute atomic E-state index is 11.9. The lowest BCUT2D eigenvalue weighted by Crippen LogP contribution is -2.45. The number of halogens is 1. The zero-order chi connectivity index (χ0) is 14.3. The normalized spacial score (nSPS) is 20.6. The van der Waals surface area contributed by atoms with Gasteiger partial charge in [-0.3, -0.25) is 4.79 Å². The second-order valence-electron chi connectivity index (χ2n) is 5.35. The van der Waals surface area contributed by atoms with Crippen molar-refractivity contribution in [2.24, 2.45) is 11.8 Å². The average Bonchev–Trinajstić information content (AvgIpc) is 2.94. The van der Waals surface area contributed by atoms with E-state index < -0.39 is 6.04 Å². The van der Waals surface area contributed by atoms with Crippen LogP contribution in [0.4, 0.5) is 0 Å². The molecule has 1 heterocycles. The van der Waals surface area contributed by atoms with Gasteiger partial charge in [0.2, 0.25) is 5.91 Å². The van der Waals surface area contributed by atoms with Crippen molar-refractivity contribution in [3.63, 3.8) is 0 Å². The summed E-state index contributed by atoms with van der Waals surface area (Å²) in [6, 6.07) is -0.524. The molecule has 1 rings (SSSR count). The maximum atomic E-state index is 11.9. The molecule has 1 unspecified atom stereocenters. The van der Waals surface area contributed by atoms with Crippen molar-refractivity contribution in [3.8, 4) is 0 Å².